The third kappa shape index (κ3) is 3.73. The van der Waals surface area contributed by atoms with Gasteiger partial charge >= 0.3 is 0 Å². The molecule has 1 aromatic heterocycles. The molecule has 0 atom stereocenters. The number of likely N-dealkylation sites (tertiary alicyclic amines) is 1. The van der Waals surface area contributed by atoms with Gasteiger partial charge in [0.1, 0.15) is 0 Å². The molecule has 1 N–H and O–H groups in total. The molecule has 4 heteroatoms. The Balaban J connectivity index is 1.79. The molecule has 0 saturated carbocycles. The van der Waals surface area contributed by atoms with Crippen LogP contribution in [0, 0.1) is 6.92 Å². The third-order valence-corrected chi connectivity index (χ3v) is 3.56. The zero-order valence-electron chi connectivity index (χ0n) is 11.8. The molecule has 102 valence electrons. The SMILES string of the molecule is CCCCn1cc(C)nc1NCCN1CCCC1. The minimum atomic E-state index is 1.00. The first-order chi connectivity index (χ1) is 8.79. The molecule has 0 aliphatic carbocycles. The van der Waals surface area contributed by atoms with Crippen LogP contribution in [0.4, 0.5) is 5.95 Å². The third-order valence-electron chi connectivity index (χ3n) is 3.56. The maximum absolute atomic E-state index is 4.56. The van der Waals surface area contributed by atoms with Gasteiger partial charge in [-0.25, -0.2) is 4.98 Å². The van der Waals surface area contributed by atoms with Gasteiger partial charge in [-0.2, -0.15) is 0 Å². The van der Waals surface area contributed by atoms with E-state index in [1.54, 1.807) is 0 Å². The molecule has 1 aliphatic rings. The molecule has 0 bridgehead atoms. The minimum Gasteiger partial charge on any atom is -0.354 e. The first-order valence-corrected chi connectivity index (χ1v) is 7.29. The van der Waals surface area contributed by atoms with E-state index in [1.165, 1.54) is 38.8 Å². The van der Waals surface area contributed by atoms with Crippen LogP contribution < -0.4 is 5.32 Å². The van der Waals surface area contributed by atoms with Crippen LogP contribution in [0.25, 0.3) is 0 Å². The van der Waals surface area contributed by atoms with Crippen LogP contribution in [-0.2, 0) is 6.54 Å². The molecule has 1 fully saturated rings. The number of aryl methyl sites for hydroxylation is 2. The first-order valence-electron chi connectivity index (χ1n) is 7.29. The average Bonchev–Trinajstić information content (AvgIpc) is 2.97. The zero-order chi connectivity index (χ0) is 12.8. The quantitative estimate of drug-likeness (QED) is 0.807. The van der Waals surface area contributed by atoms with Gasteiger partial charge in [0.2, 0.25) is 5.95 Å². The highest BCUT2D eigenvalue weighted by molar-refractivity contribution is 5.28. The predicted molar refractivity (Wildman–Crippen MR) is 76.0 cm³/mol. The van der Waals surface area contributed by atoms with Crippen molar-refractivity contribution >= 4 is 5.95 Å². The van der Waals surface area contributed by atoms with Gasteiger partial charge in [-0.05, 0) is 39.3 Å². The molecule has 0 unspecified atom stereocenters. The highest BCUT2D eigenvalue weighted by Gasteiger charge is 2.11. The van der Waals surface area contributed by atoms with E-state index < -0.39 is 0 Å². The highest BCUT2D eigenvalue weighted by atomic mass is 15.2. The van der Waals surface area contributed by atoms with Crippen molar-refractivity contribution in [3.05, 3.63) is 11.9 Å². The standard InChI is InChI=1S/C14H26N4/c1-3-4-10-18-12-13(2)16-14(18)15-7-11-17-8-5-6-9-17/h12H,3-11H2,1-2H3,(H,15,16). The van der Waals surface area contributed by atoms with E-state index in [0.717, 1.165) is 31.3 Å². The fraction of sp³-hybridized carbons (Fsp3) is 0.786. The van der Waals surface area contributed by atoms with Crippen molar-refractivity contribution in [1.82, 2.24) is 14.5 Å². The molecule has 2 heterocycles. The molecule has 0 aromatic carbocycles. The van der Waals surface area contributed by atoms with Gasteiger partial charge in [0.25, 0.3) is 0 Å². The van der Waals surface area contributed by atoms with E-state index in [1.807, 2.05) is 0 Å². The van der Waals surface area contributed by atoms with Crippen LogP contribution in [0.15, 0.2) is 6.20 Å². The Kier molecular flexibility index (Phi) is 5.05. The second kappa shape index (κ2) is 6.78. The number of aromatic nitrogens is 2. The Morgan fingerprint density at radius 3 is 2.78 bits per heavy atom. The summed E-state index contributed by atoms with van der Waals surface area (Å²) in [6.45, 7) is 10.0. The van der Waals surface area contributed by atoms with E-state index in [2.05, 4.69) is 39.8 Å². The van der Waals surface area contributed by atoms with Crippen LogP contribution >= 0.6 is 0 Å². The zero-order valence-corrected chi connectivity index (χ0v) is 11.8. The number of nitrogens with zero attached hydrogens (tertiary/aromatic N) is 3. The fourth-order valence-corrected chi connectivity index (χ4v) is 2.52. The molecule has 0 spiro atoms. The summed E-state index contributed by atoms with van der Waals surface area (Å²) in [5, 5.41) is 3.48. The van der Waals surface area contributed by atoms with Gasteiger partial charge in [0.05, 0.1) is 5.69 Å². The number of anilines is 1. The lowest BCUT2D eigenvalue weighted by molar-refractivity contribution is 0.352. The van der Waals surface area contributed by atoms with Crippen molar-refractivity contribution in [2.45, 2.75) is 46.1 Å². The van der Waals surface area contributed by atoms with Crippen LogP contribution in [-0.4, -0.2) is 40.6 Å². The van der Waals surface area contributed by atoms with Crippen molar-refractivity contribution in [2.75, 3.05) is 31.5 Å². The number of rotatable bonds is 7. The van der Waals surface area contributed by atoms with Gasteiger partial charge < -0.3 is 14.8 Å². The summed E-state index contributed by atoms with van der Waals surface area (Å²) in [4.78, 5) is 7.09. The summed E-state index contributed by atoms with van der Waals surface area (Å²) in [7, 11) is 0. The molecule has 4 nitrogen and oxygen atoms in total. The molecule has 1 aromatic rings. The molecular weight excluding hydrogens is 224 g/mol. The number of imidazole rings is 1. The fourth-order valence-electron chi connectivity index (χ4n) is 2.52. The van der Waals surface area contributed by atoms with E-state index in [0.29, 0.717) is 0 Å². The monoisotopic (exact) mass is 250 g/mol. The van der Waals surface area contributed by atoms with Crippen LogP contribution in [0.2, 0.25) is 0 Å². The Morgan fingerprint density at radius 2 is 2.06 bits per heavy atom. The lowest BCUT2D eigenvalue weighted by atomic mass is 10.3. The Hall–Kier alpha value is -1.03. The second-order valence-corrected chi connectivity index (χ2v) is 5.23. The van der Waals surface area contributed by atoms with Crippen molar-refractivity contribution in [2.24, 2.45) is 0 Å². The van der Waals surface area contributed by atoms with Crippen molar-refractivity contribution in [3.8, 4) is 0 Å². The Bertz CT molecular complexity index is 353. The lowest BCUT2D eigenvalue weighted by Gasteiger charge is -2.15. The smallest absolute Gasteiger partial charge is 0.203 e. The van der Waals surface area contributed by atoms with Gasteiger partial charge in [-0.1, -0.05) is 13.3 Å². The molecule has 1 aliphatic heterocycles. The first kappa shape index (κ1) is 13.4. The van der Waals surface area contributed by atoms with Crippen molar-refractivity contribution in [3.63, 3.8) is 0 Å². The summed E-state index contributed by atoms with van der Waals surface area (Å²) < 4.78 is 2.25. The second-order valence-electron chi connectivity index (χ2n) is 5.23. The maximum Gasteiger partial charge on any atom is 0.203 e. The van der Waals surface area contributed by atoms with Gasteiger partial charge in [0.15, 0.2) is 0 Å². The van der Waals surface area contributed by atoms with E-state index in [4.69, 9.17) is 0 Å². The van der Waals surface area contributed by atoms with Crippen LogP contribution in [0.3, 0.4) is 0 Å². The topological polar surface area (TPSA) is 33.1 Å². The Morgan fingerprint density at radius 1 is 1.28 bits per heavy atom. The summed E-state index contributed by atoms with van der Waals surface area (Å²) in [6.07, 6.45) is 7.32. The van der Waals surface area contributed by atoms with Gasteiger partial charge in [-0.3, -0.25) is 0 Å². The summed E-state index contributed by atoms with van der Waals surface area (Å²) >= 11 is 0. The van der Waals surface area contributed by atoms with E-state index >= 15 is 0 Å². The normalized spacial score (nSPS) is 16.3. The largest absolute Gasteiger partial charge is 0.354 e. The summed E-state index contributed by atoms with van der Waals surface area (Å²) in [6, 6.07) is 0. The van der Waals surface area contributed by atoms with Gasteiger partial charge in [-0.15, -0.1) is 0 Å². The number of unbranched alkanes of at least 4 members (excludes halogenated alkanes) is 1. The van der Waals surface area contributed by atoms with Crippen molar-refractivity contribution in [1.29, 1.82) is 0 Å². The van der Waals surface area contributed by atoms with Gasteiger partial charge in [0, 0.05) is 25.8 Å². The Labute approximate surface area is 110 Å². The molecule has 0 radical (unpaired) electrons. The van der Waals surface area contributed by atoms with E-state index in [9.17, 15) is 0 Å². The average molecular weight is 250 g/mol. The maximum atomic E-state index is 4.56. The predicted octanol–water partition coefficient (Wildman–Crippen LogP) is 2.50. The number of nitrogens with one attached hydrogen (secondary N) is 1. The van der Waals surface area contributed by atoms with E-state index in [-0.39, 0.29) is 0 Å². The van der Waals surface area contributed by atoms with Crippen LogP contribution in [0.1, 0.15) is 38.3 Å². The summed E-state index contributed by atoms with van der Waals surface area (Å²) in [5.74, 6) is 1.04. The van der Waals surface area contributed by atoms with Crippen molar-refractivity contribution < 1.29 is 0 Å². The molecule has 18 heavy (non-hydrogen) atoms. The minimum absolute atomic E-state index is 1.00. The summed E-state index contributed by atoms with van der Waals surface area (Å²) in [5.41, 5.74) is 1.11. The molecule has 0 amide bonds. The number of hydrogen-bond acceptors (Lipinski definition) is 3. The molecule has 2 rings (SSSR count). The number of hydrogen-bond donors (Lipinski definition) is 1. The van der Waals surface area contributed by atoms with Crippen LogP contribution in [0.5, 0.6) is 0 Å². The highest BCUT2D eigenvalue weighted by Crippen LogP contribution is 2.11. The lowest BCUT2D eigenvalue weighted by Crippen LogP contribution is -2.26. The molecule has 1 saturated heterocycles. The molecular formula is C14H26N4.